The van der Waals surface area contributed by atoms with E-state index in [1.54, 1.807) is 0 Å². The maximum Gasteiger partial charge on any atom is 0.109 e. The fourth-order valence-electron chi connectivity index (χ4n) is 4.50. The molecule has 2 aliphatic heterocycles. The molecule has 0 spiro atoms. The van der Waals surface area contributed by atoms with Crippen LogP contribution in [0.3, 0.4) is 0 Å². The predicted molar refractivity (Wildman–Crippen MR) is 81.2 cm³/mol. The average molecular weight is 448 g/mol. The SMILES string of the molecule is [B][C@@H]1OC2([CH2-])CC[C@@H]1[C@H]2C.[B][C@@H]1OC2([CH2-])CC[C@H]1C2C.[Y].[Y]. The van der Waals surface area contributed by atoms with Crippen LogP contribution < -0.4 is 0 Å². The molecule has 0 amide bonds. The molecule has 4 fully saturated rings. The zero-order chi connectivity index (χ0) is 14.7. The standard InChI is InChI=1S/2C8H12BO.2Y/c2*1-5-6-3-4-8(5,2)10-7(6)9;;/h2*5-7H,2-4H2,1H3;;/q2*-1;;/t5?,6-,7+,8?;5-,6-,7-,8?;;/m01../s1. The van der Waals surface area contributed by atoms with Crippen molar-refractivity contribution in [2.75, 3.05) is 0 Å². The van der Waals surface area contributed by atoms with Crippen molar-refractivity contribution in [2.45, 2.75) is 62.7 Å². The Kier molecular flexibility index (Phi) is 7.98. The molecule has 6 heteroatoms. The topological polar surface area (TPSA) is 18.5 Å². The summed E-state index contributed by atoms with van der Waals surface area (Å²) in [6.07, 6.45) is 4.58. The molecule has 4 aliphatic rings. The summed E-state index contributed by atoms with van der Waals surface area (Å²) in [5, 5.41) is 0. The van der Waals surface area contributed by atoms with Gasteiger partial charge in [-0.25, -0.2) is 0 Å². The minimum atomic E-state index is -0.135. The van der Waals surface area contributed by atoms with E-state index in [4.69, 9.17) is 25.2 Å². The summed E-state index contributed by atoms with van der Waals surface area (Å²) in [6.45, 7) is 12.5. The molecule has 2 heterocycles. The van der Waals surface area contributed by atoms with Gasteiger partial charge in [0.1, 0.15) is 15.7 Å². The van der Waals surface area contributed by atoms with E-state index < -0.39 is 0 Å². The summed E-state index contributed by atoms with van der Waals surface area (Å²) >= 11 is 0. The van der Waals surface area contributed by atoms with E-state index in [0.717, 1.165) is 12.8 Å². The first kappa shape index (κ1) is 22.3. The van der Waals surface area contributed by atoms with Crippen LogP contribution in [0.2, 0.25) is 0 Å². The van der Waals surface area contributed by atoms with Crippen molar-refractivity contribution < 1.29 is 74.9 Å². The van der Waals surface area contributed by atoms with Gasteiger partial charge >= 0.3 is 0 Å². The van der Waals surface area contributed by atoms with Gasteiger partial charge in [-0.3, -0.25) is 0 Å². The molecule has 2 nitrogen and oxygen atoms in total. The molecule has 8 atom stereocenters. The molecule has 2 saturated carbocycles. The van der Waals surface area contributed by atoms with Gasteiger partial charge in [0, 0.05) is 77.4 Å². The van der Waals surface area contributed by atoms with E-state index >= 15 is 0 Å². The molecule has 6 radical (unpaired) electrons. The molecule has 0 aromatic carbocycles. The summed E-state index contributed by atoms with van der Waals surface area (Å²) in [5.41, 5.74) is -0.270. The Balaban J connectivity index is 0.000000202. The second-order valence-corrected chi connectivity index (χ2v) is 7.28. The first-order chi connectivity index (χ1) is 9.27. The van der Waals surface area contributed by atoms with Gasteiger partial charge in [-0.1, -0.05) is 37.9 Å². The monoisotopic (exact) mass is 448 g/mol. The van der Waals surface area contributed by atoms with Crippen LogP contribution in [0.25, 0.3) is 0 Å². The minimum Gasteiger partial charge on any atom is -0.413 e. The van der Waals surface area contributed by atoms with Gasteiger partial charge in [0.2, 0.25) is 0 Å². The van der Waals surface area contributed by atoms with Gasteiger partial charge in [0.15, 0.2) is 0 Å². The molecule has 2 saturated heterocycles. The Morgan fingerprint density at radius 3 is 1.23 bits per heavy atom. The Bertz CT molecular complexity index is 364. The molecule has 22 heavy (non-hydrogen) atoms. The summed E-state index contributed by atoms with van der Waals surface area (Å²) in [7, 11) is 11.5. The van der Waals surface area contributed by atoms with Crippen LogP contribution in [0.1, 0.15) is 39.5 Å². The smallest absolute Gasteiger partial charge is 0.109 e. The normalized spacial score (nSPS) is 54.2. The van der Waals surface area contributed by atoms with Crippen LogP contribution in [0.5, 0.6) is 0 Å². The maximum absolute atomic E-state index is 5.73. The molecular weight excluding hydrogens is 424 g/mol. The van der Waals surface area contributed by atoms with Gasteiger partial charge in [-0.05, 0) is 36.5 Å². The number of hydrogen-bond acceptors (Lipinski definition) is 2. The average Bonchev–Trinajstić information content (AvgIpc) is 2.94. The molecular formula is C16H24B2O2Y2-2. The van der Waals surface area contributed by atoms with Crippen molar-refractivity contribution in [1.29, 1.82) is 0 Å². The maximum atomic E-state index is 5.73. The number of hydrogen-bond donors (Lipinski definition) is 0. The Morgan fingerprint density at radius 2 is 1.14 bits per heavy atom. The van der Waals surface area contributed by atoms with E-state index in [-0.39, 0.29) is 88.6 Å². The van der Waals surface area contributed by atoms with E-state index in [0.29, 0.717) is 23.7 Å². The largest absolute Gasteiger partial charge is 0.413 e. The van der Waals surface area contributed by atoms with Crippen molar-refractivity contribution >= 4 is 15.7 Å². The summed E-state index contributed by atoms with van der Waals surface area (Å²) in [5.74, 6) is 2.25. The zero-order valence-corrected chi connectivity index (χ0v) is 19.5. The van der Waals surface area contributed by atoms with Gasteiger partial charge in [-0.15, -0.1) is 0 Å². The van der Waals surface area contributed by atoms with Crippen molar-refractivity contribution in [3.05, 3.63) is 13.8 Å². The summed E-state index contributed by atoms with van der Waals surface area (Å²) in [6, 6.07) is -0.0810. The Hall–Kier alpha value is 2.26. The fraction of sp³-hybridized carbons (Fsp3) is 0.875. The quantitative estimate of drug-likeness (QED) is 0.419. The number of fused-ring (bicyclic) bond motifs is 4. The van der Waals surface area contributed by atoms with Crippen LogP contribution in [0.4, 0.5) is 0 Å². The Morgan fingerprint density at radius 1 is 0.818 bits per heavy atom. The summed E-state index contributed by atoms with van der Waals surface area (Å²) in [4.78, 5) is 0. The molecule has 2 aliphatic carbocycles. The van der Waals surface area contributed by atoms with Crippen LogP contribution in [-0.2, 0) is 74.9 Å². The van der Waals surface area contributed by atoms with Crippen LogP contribution >= 0.6 is 0 Å². The van der Waals surface area contributed by atoms with Crippen molar-refractivity contribution in [1.82, 2.24) is 0 Å². The molecule has 0 aromatic rings. The van der Waals surface area contributed by atoms with Crippen LogP contribution in [0, 0.1) is 37.5 Å². The molecule has 4 bridgehead atoms. The first-order valence-electron chi connectivity index (χ1n) is 7.84. The second-order valence-electron chi connectivity index (χ2n) is 7.28. The third kappa shape index (κ3) is 3.68. The van der Waals surface area contributed by atoms with Crippen molar-refractivity contribution in [3.63, 3.8) is 0 Å². The van der Waals surface area contributed by atoms with E-state index in [1.165, 1.54) is 12.8 Å². The first-order valence-corrected chi connectivity index (χ1v) is 7.84. The molecule has 0 N–H and O–H groups in total. The number of rotatable bonds is 0. The predicted octanol–water partition coefficient (Wildman–Crippen LogP) is 2.26. The molecule has 0 aromatic heterocycles. The summed E-state index contributed by atoms with van der Waals surface area (Å²) < 4.78 is 11.1. The minimum absolute atomic E-state index is 0. The van der Waals surface area contributed by atoms with Gasteiger partial charge < -0.3 is 23.3 Å². The third-order valence-electron chi connectivity index (χ3n) is 6.33. The van der Waals surface area contributed by atoms with Crippen molar-refractivity contribution in [3.8, 4) is 0 Å². The van der Waals surface area contributed by atoms with E-state index in [9.17, 15) is 0 Å². The number of ether oxygens (including phenoxy) is 2. The zero-order valence-electron chi connectivity index (χ0n) is 13.8. The third-order valence-corrected chi connectivity index (χ3v) is 6.33. The van der Waals surface area contributed by atoms with Crippen LogP contribution in [0.15, 0.2) is 0 Å². The fourth-order valence-corrected chi connectivity index (χ4v) is 4.50. The van der Waals surface area contributed by atoms with Gasteiger partial charge in [-0.2, -0.15) is 0 Å². The molecule has 114 valence electrons. The molecule has 4 rings (SSSR count). The second kappa shape index (κ2) is 7.87. The van der Waals surface area contributed by atoms with Gasteiger partial charge in [0.25, 0.3) is 0 Å². The van der Waals surface area contributed by atoms with Crippen molar-refractivity contribution in [2.24, 2.45) is 23.7 Å². The molecule has 3 unspecified atom stereocenters. The van der Waals surface area contributed by atoms with Crippen LogP contribution in [-0.4, -0.2) is 38.9 Å². The van der Waals surface area contributed by atoms with E-state index in [2.05, 4.69) is 27.7 Å². The Labute approximate surface area is 188 Å². The van der Waals surface area contributed by atoms with E-state index in [1.807, 2.05) is 0 Å². The van der Waals surface area contributed by atoms with Gasteiger partial charge in [0.05, 0.1) is 0 Å².